The van der Waals surface area contributed by atoms with Crippen LogP contribution in [0.15, 0.2) is 29.3 Å². The lowest BCUT2D eigenvalue weighted by atomic mass is 9.75. The molecule has 1 aliphatic heterocycles. The van der Waals surface area contributed by atoms with Crippen molar-refractivity contribution >= 4 is 26.3 Å². The molecule has 0 radical (unpaired) electrons. The van der Waals surface area contributed by atoms with E-state index in [4.69, 9.17) is 10.5 Å². The van der Waals surface area contributed by atoms with Gasteiger partial charge in [-0.15, -0.1) is 9.24 Å². The van der Waals surface area contributed by atoms with Crippen molar-refractivity contribution in [3.05, 3.63) is 46.0 Å². The SMILES string of the molecule is Nc1cc(P)c(C2CCN(C(=O)c3cc(=O)c(OCC4CC(C(F)(F)F)C4)c[nH]3)CC2)cn1. The maximum Gasteiger partial charge on any atom is 0.391 e. The molecule has 2 aliphatic rings. The van der Waals surface area contributed by atoms with Crippen LogP contribution in [-0.2, 0) is 0 Å². The zero-order chi connectivity index (χ0) is 23.8. The molecular formula is C22H26F3N4O3P. The van der Waals surface area contributed by atoms with E-state index in [1.54, 1.807) is 11.1 Å². The molecule has 1 saturated carbocycles. The van der Waals surface area contributed by atoms with Crippen molar-refractivity contribution in [2.75, 3.05) is 25.4 Å². The summed E-state index contributed by atoms with van der Waals surface area (Å²) < 4.78 is 43.1. The molecule has 1 aliphatic carbocycles. The third kappa shape index (κ3) is 5.32. The molecule has 0 aromatic carbocycles. The second-order valence-corrected chi connectivity index (χ2v) is 9.39. The van der Waals surface area contributed by atoms with Gasteiger partial charge in [-0.05, 0) is 54.5 Å². The van der Waals surface area contributed by atoms with Crippen LogP contribution in [0.25, 0.3) is 0 Å². The summed E-state index contributed by atoms with van der Waals surface area (Å²) in [5.74, 6) is -1.04. The van der Waals surface area contributed by atoms with Crippen LogP contribution in [-0.4, -0.2) is 46.6 Å². The van der Waals surface area contributed by atoms with E-state index in [1.807, 2.05) is 6.07 Å². The van der Waals surface area contributed by atoms with Crippen LogP contribution < -0.4 is 21.2 Å². The number of nitrogens with two attached hydrogens (primary N) is 1. The Morgan fingerprint density at radius 2 is 1.97 bits per heavy atom. The number of H-pyrrole nitrogens is 1. The first-order chi connectivity index (χ1) is 15.6. The Morgan fingerprint density at radius 1 is 1.27 bits per heavy atom. The number of carbonyl (C=O) groups excluding carboxylic acids is 1. The molecule has 2 aromatic heterocycles. The topological polar surface area (TPSA) is 101 Å². The third-order valence-corrected chi connectivity index (χ3v) is 6.99. The van der Waals surface area contributed by atoms with Crippen LogP contribution in [0.5, 0.6) is 5.75 Å². The molecule has 0 spiro atoms. The predicted octanol–water partition coefficient (Wildman–Crippen LogP) is 2.84. The van der Waals surface area contributed by atoms with Gasteiger partial charge in [-0.3, -0.25) is 9.59 Å². The maximum atomic E-state index is 12.8. The lowest BCUT2D eigenvalue weighted by Crippen LogP contribution is -2.39. The van der Waals surface area contributed by atoms with Gasteiger partial charge in [0.15, 0.2) is 5.75 Å². The lowest BCUT2D eigenvalue weighted by Gasteiger charge is -2.36. The molecule has 1 saturated heterocycles. The van der Waals surface area contributed by atoms with Gasteiger partial charge in [0.1, 0.15) is 11.5 Å². The number of likely N-dealkylation sites (tertiary alicyclic amines) is 1. The number of rotatable bonds is 5. The predicted molar refractivity (Wildman–Crippen MR) is 121 cm³/mol. The number of piperidine rings is 1. The number of halogens is 3. The average molecular weight is 482 g/mol. The molecule has 11 heteroatoms. The fraction of sp³-hybridized carbons (Fsp3) is 0.500. The van der Waals surface area contributed by atoms with Crippen molar-refractivity contribution < 1.29 is 22.7 Å². The number of hydrogen-bond acceptors (Lipinski definition) is 5. The van der Waals surface area contributed by atoms with E-state index in [0.29, 0.717) is 18.9 Å². The highest BCUT2D eigenvalue weighted by molar-refractivity contribution is 7.27. The summed E-state index contributed by atoms with van der Waals surface area (Å²) >= 11 is 0. The maximum absolute atomic E-state index is 12.8. The molecule has 4 rings (SSSR count). The molecule has 178 valence electrons. The Kier molecular flexibility index (Phi) is 6.66. The molecule has 2 aromatic rings. The van der Waals surface area contributed by atoms with Gasteiger partial charge in [-0.1, -0.05) is 0 Å². The van der Waals surface area contributed by atoms with Crippen LogP contribution in [0.3, 0.4) is 0 Å². The second kappa shape index (κ2) is 9.33. The lowest BCUT2D eigenvalue weighted by molar-refractivity contribution is -0.206. The molecule has 1 atom stereocenters. The van der Waals surface area contributed by atoms with Gasteiger partial charge >= 0.3 is 6.18 Å². The Hall–Kier alpha value is -2.61. The Balaban J connectivity index is 1.30. The number of carbonyl (C=O) groups is 1. The average Bonchev–Trinajstić information content (AvgIpc) is 2.72. The number of pyridine rings is 2. The van der Waals surface area contributed by atoms with E-state index in [9.17, 15) is 22.8 Å². The summed E-state index contributed by atoms with van der Waals surface area (Å²) in [6.45, 7) is 1.13. The zero-order valence-electron chi connectivity index (χ0n) is 17.9. The number of nitrogens with one attached hydrogen (secondary N) is 1. The molecule has 1 unspecified atom stereocenters. The van der Waals surface area contributed by atoms with Gasteiger partial charge in [-0.2, -0.15) is 13.2 Å². The standard InChI is InChI=1S/C22H26F3N4O3P/c23-22(24,25)14-5-12(6-14)11-32-18-10-27-16(7-17(18)30)21(31)29-3-1-13(2-4-29)15-9-28-20(26)8-19(15)33/h7-10,12-14H,1-6,11,33H2,(H2,26,28)(H,27,30). The van der Waals surface area contributed by atoms with Gasteiger partial charge < -0.3 is 20.4 Å². The number of alkyl halides is 3. The van der Waals surface area contributed by atoms with Crippen LogP contribution in [0.2, 0.25) is 0 Å². The highest BCUT2D eigenvalue weighted by Gasteiger charge is 2.47. The van der Waals surface area contributed by atoms with Gasteiger partial charge in [0.25, 0.3) is 5.91 Å². The summed E-state index contributed by atoms with van der Waals surface area (Å²) in [7, 11) is 2.67. The number of nitrogens with zero attached hydrogens (tertiary/aromatic N) is 2. The molecule has 3 N–H and O–H groups in total. The molecule has 0 bridgehead atoms. The number of aromatic amines is 1. The second-order valence-electron chi connectivity index (χ2n) is 8.77. The van der Waals surface area contributed by atoms with Crippen LogP contribution in [0, 0.1) is 11.8 Å². The summed E-state index contributed by atoms with van der Waals surface area (Å²) in [4.78, 5) is 33.9. The molecule has 2 fully saturated rings. The molecular weight excluding hydrogens is 456 g/mol. The normalized spacial score (nSPS) is 21.5. The minimum absolute atomic E-state index is 0.00421. The highest BCUT2D eigenvalue weighted by Crippen LogP contribution is 2.44. The number of amides is 1. The van der Waals surface area contributed by atoms with Gasteiger partial charge in [0.05, 0.1) is 12.5 Å². The summed E-state index contributed by atoms with van der Waals surface area (Å²) in [6.07, 6.45) is 0.478. The Bertz CT molecular complexity index is 1080. The molecule has 7 nitrogen and oxygen atoms in total. The van der Waals surface area contributed by atoms with E-state index in [2.05, 4.69) is 19.2 Å². The van der Waals surface area contributed by atoms with Crippen molar-refractivity contribution in [2.45, 2.75) is 37.8 Å². The highest BCUT2D eigenvalue weighted by atomic mass is 31.0. The number of hydrogen-bond donors (Lipinski definition) is 2. The molecule has 33 heavy (non-hydrogen) atoms. The van der Waals surface area contributed by atoms with Crippen LogP contribution >= 0.6 is 9.24 Å². The Morgan fingerprint density at radius 3 is 2.58 bits per heavy atom. The fourth-order valence-corrected chi connectivity index (χ4v) is 4.93. The first-order valence-electron chi connectivity index (χ1n) is 10.8. The number of aromatic nitrogens is 2. The van der Waals surface area contributed by atoms with E-state index in [1.165, 1.54) is 12.3 Å². The van der Waals surface area contributed by atoms with Gasteiger partial charge in [0.2, 0.25) is 5.43 Å². The zero-order valence-corrected chi connectivity index (χ0v) is 19.1. The fourth-order valence-electron chi connectivity index (χ4n) is 4.44. The quantitative estimate of drug-likeness (QED) is 0.639. The van der Waals surface area contributed by atoms with E-state index >= 15 is 0 Å². The van der Waals surface area contributed by atoms with Crippen molar-refractivity contribution in [3.8, 4) is 5.75 Å². The number of anilines is 1. The van der Waals surface area contributed by atoms with Crippen LogP contribution in [0.1, 0.15) is 47.7 Å². The summed E-state index contributed by atoms with van der Waals surface area (Å²) in [5, 5.41) is 1.00. The van der Waals surface area contributed by atoms with Crippen LogP contribution in [0.4, 0.5) is 19.0 Å². The molecule has 3 heterocycles. The Labute approximate surface area is 191 Å². The van der Waals surface area contributed by atoms with E-state index in [-0.39, 0.29) is 48.6 Å². The monoisotopic (exact) mass is 482 g/mol. The number of ether oxygens (including phenoxy) is 1. The number of nitrogen functional groups attached to an aromatic ring is 1. The minimum Gasteiger partial charge on any atom is -0.488 e. The van der Waals surface area contributed by atoms with E-state index < -0.39 is 17.5 Å². The first-order valence-corrected chi connectivity index (χ1v) is 11.4. The largest absolute Gasteiger partial charge is 0.488 e. The van der Waals surface area contributed by atoms with Crippen molar-refractivity contribution in [1.29, 1.82) is 0 Å². The van der Waals surface area contributed by atoms with Crippen molar-refractivity contribution in [1.82, 2.24) is 14.9 Å². The van der Waals surface area contributed by atoms with Crippen molar-refractivity contribution in [3.63, 3.8) is 0 Å². The molecule has 1 amide bonds. The minimum atomic E-state index is -4.17. The van der Waals surface area contributed by atoms with E-state index in [0.717, 1.165) is 23.7 Å². The summed E-state index contributed by atoms with van der Waals surface area (Å²) in [5.41, 5.74) is 6.50. The van der Waals surface area contributed by atoms with Gasteiger partial charge in [-0.25, -0.2) is 4.98 Å². The third-order valence-electron chi connectivity index (χ3n) is 6.49. The first kappa shape index (κ1) is 23.5. The van der Waals surface area contributed by atoms with Crippen molar-refractivity contribution in [2.24, 2.45) is 11.8 Å². The summed E-state index contributed by atoms with van der Waals surface area (Å²) in [6, 6.07) is 3.00. The smallest absolute Gasteiger partial charge is 0.391 e. The van der Waals surface area contributed by atoms with Gasteiger partial charge in [0, 0.05) is 31.5 Å².